The van der Waals surface area contributed by atoms with Crippen LogP contribution in [-0.4, -0.2) is 15.9 Å². The molecule has 3 heterocycles. The van der Waals surface area contributed by atoms with Crippen LogP contribution in [0.4, 0.5) is 0 Å². The number of nitrogens with zero attached hydrogens (tertiary/aromatic N) is 1. The number of carbonyl (C=O) groups excluding carboxylic acids is 1. The molecule has 3 aromatic heterocycles. The van der Waals surface area contributed by atoms with Gasteiger partial charge in [0.1, 0.15) is 10.4 Å². The maximum atomic E-state index is 10.0. The standard InChI is InChI=1S/C25H14NOS.C5H8O2.Ir/c1-2-7-16(8-3-1)23-15-17-13-14-21(26-25(17)28-23)20-11-6-10-19-18-9-4-5-12-22(18)27-24(19)20;1-4(6)3-5(2)7;/h1-10,12-15H;3,6H,1-2H3;/q-1;;/b;4-3-;. The molecule has 0 fully saturated rings. The van der Waals surface area contributed by atoms with E-state index in [9.17, 15) is 4.79 Å². The van der Waals surface area contributed by atoms with E-state index < -0.39 is 0 Å². The Morgan fingerprint density at radius 2 is 1.72 bits per heavy atom. The number of para-hydroxylation sites is 1. The molecule has 0 saturated heterocycles. The molecule has 0 aliphatic carbocycles. The third-order valence-electron chi connectivity index (χ3n) is 5.45. The van der Waals surface area contributed by atoms with Gasteiger partial charge in [-0.15, -0.1) is 29.5 Å². The number of aromatic nitrogens is 1. The van der Waals surface area contributed by atoms with Crippen molar-refractivity contribution in [3.05, 3.63) is 103 Å². The number of carbonyl (C=O) groups is 1. The van der Waals surface area contributed by atoms with Crippen LogP contribution in [0.2, 0.25) is 0 Å². The Morgan fingerprint density at radius 1 is 0.972 bits per heavy atom. The van der Waals surface area contributed by atoms with E-state index in [-0.39, 0.29) is 31.6 Å². The molecule has 0 atom stereocenters. The van der Waals surface area contributed by atoms with Gasteiger partial charge in [-0.25, -0.2) is 0 Å². The molecule has 4 nitrogen and oxygen atoms in total. The summed E-state index contributed by atoms with van der Waals surface area (Å²) in [5.74, 6) is -0.0625. The molecule has 1 N–H and O–H groups in total. The first kappa shape index (κ1) is 25.5. The van der Waals surface area contributed by atoms with Gasteiger partial charge in [-0.2, -0.15) is 0 Å². The van der Waals surface area contributed by atoms with Crippen molar-refractivity contribution in [1.82, 2.24) is 4.98 Å². The molecule has 1 radical (unpaired) electrons. The van der Waals surface area contributed by atoms with Crippen molar-refractivity contribution in [1.29, 1.82) is 0 Å². The minimum atomic E-state index is -0.125. The Kier molecular flexibility index (Phi) is 7.80. The monoisotopic (exact) mass is 669 g/mol. The second kappa shape index (κ2) is 11.0. The Bertz CT molecular complexity index is 1700. The first-order valence-electron chi connectivity index (χ1n) is 11.2. The summed E-state index contributed by atoms with van der Waals surface area (Å²) in [5, 5.41) is 11.7. The minimum Gasteiger partial charge on any atom is -0.512 e. The van der Waals surface area contributed by atoms with Gasteiger partial charge in [-0.1, -0.05) is 71.6 Å². The fraction of sp³-hybridized carbons (Fsp3) is 0.0667. The number of fused-ring (bicyclic) bond motifs is 4. The van der Waals surface area contributed by atoms with Crippen LogP contribution < -0.4 is 0 Å². The third-order valence-corrected chi connectivity index (χ3v) is 6.54. The topological polar surface area (TPSA) is 63.3 Å². The SMILES string of the molecule is CC(=O)/C=C(/C)O.[Ir].[c-]1ccc2c(oc3ccccc32)c1-c1ccc2cc(-c3ccccc3)sc2n1. The number of hydrogen-bond acceptors (Lipinski definition) is 5. The largest absolute Gasteiger partial charge is 0.512 e. The number of pyridine rings is 1. The average molecular weight is 669 g/mol. The molecule has 6 rings (SSSR count). The van der Waals surface area contributed by atoms with Crippen LogP contribution in [0.3, 0.4) is 0 Å². The first-order valence-corrected chi connectivity index (χ1v) is 12.0. The van der Waals surface area contributed by atoms with E-state index in [1.807, 2.05) is 30.3 Å². The molecule has 0 aliphatic heterocycles. The molecule has 0 unspecified atom stereocenters. The quantitative estimate of drug-likeness (QED) is 0.117. The van der Waals surface area contributed by atoms with E-state index in [0.29, 0.717) is 0 Å². The zero-order chi connectivity index (χ0) is 24.4. The zero-order valence-corrected chi connectivity index (χ0v) is 22.8. The maximum Gasteiger partial charge on any atom is 0.155 e. The fourth-order valence-electron chi connectivity index (χ4n) is 3.98. The number of benzene rings is 3. The van der Waals surface area contributed by atoms with Gasteiger partial charge in [0.05, 0.1) is 11.3 Å². The predicted octanol–water partition coefficient (Wildman–Crippen LogP) is 8.36. The molecule has 36 heavy (non-hydrogen) atoms. The van der Waals surface area contributed by atoms with Crippen LogP contribution in [0.5, 0.6) is 0 Å². The number of rotatable bonds is 3. The third kappa shape index (κ3) is 5.31. The van der Waals surface area contributed by atoms with Crippen molar-refractivity contribution in [2.45, 2.75) is 13.8 Å². The van der Waals surface area contributed by atoms with E-state index in [1.54, 1.807) is 11.3 Å². The van der Waals surface area contributed by atoms with Gasteiger partial charge >= 0.3 is 0 Å². The van der Waals surface area contributed by atoms with Crippen molar-refractivity contribution in [2.24, 2.45) is 0 Å². The summed E-state index contributed by atoms with van der Waals surface area (Å²) in [6.45, 7) is 2.85. The number of aliphatic hydroxyl groups excluding tert-OH is 1. The molecule has 0 spiro atoms. The van der Waals surface area contributed by atoms with E-state index in [1.165, 1.54) is 30.4 Å². The van der Waals surface area contributed by atoms with Crippen LogP contribution in [0.1, 0.15) is 13.8 Å². The Labute approximate surface area is 226 Å². The van der Waals surface area contributed by atoms with E-state index in [0.717, 1.165) is 43.4 Å². The van der Waals surface area contributed by atoms with Gasteiger partial charge < -0.3 is 9.52 Å². The predicted molar refractivity (Wildman–Crippen MR) is 144 cm³/mol. The van der Waals surface area contributed by atoms with Crippen LogP contribution in [-0.2, 0) is 24.9 Å². The summed E-state index contributed by atoms with van der Waals surface area (Å²) in [7, 11) is 0. The number of thiophene rings is 1. The second-order valence-corrected chi connectivity index (χ2v) is 9.19. The van der Waals surface area contributed by atoms with Gasteiger partial charge in [-0.05, 0) is 37.2 Å². The molecular weight excluding hydrogens is 647 g/mol. The normalized spacial score (nSPS) is 11.2. The van der Waals surface area contributed by atoms with Crippen LogP contribution in [0.25, 0.3) is 53.9 Å². The van der Waals surface area contributed by atoms with Crippen LogP contribution >= 0.6 is 11.3 Å². The maximum absolute atomic E-state index is 10.0. The molecule has 6 heteroatoms. The number of allylic oxidation sites excluding steroid dienone is 2. The summed E-state index contributed by atoms with van der Waals surface area (Å²) in [5.41, 5.74) is 4.75. The zero-order valence-electron chi connectivity index (χ0n) is 19.6. The summed E-state index contributed by atoms with van der Waals surface area (Å²) in [6.07, 6.45) is 1.17. The van der Waals surface area contributed by atoms with Crippen molar-refractivity contribution in [3.8, 4) is 21.7 Å². The summed E-state index contributed by atoms with van der Waals surface area (Å²) >= 11 is 1.71. The van der Waals surface area contributed by atoms with E-state index >= 15 is 0 Å². The summed E-state index contributed by atoms with van der Waals surface area (Å²) < 4.78 is 6.16. The molecule has 0 bridgehead atoms. The molecule has 0 amide bonds. The van der Waals surface area contributed by atoms with E-state index in [2.05, 4.69) is 60.7 Å². The summed E-state index contributed by atoms with van der Waals surface area (Å²) in [6, 6.07) is 32.3. The molecule has 0 aliphatic rings. The first-order chi connectivity index (χ1) is 17.0. The number of ketones is 1. The molecule has 181 valence electrons. The fourth-order valence-corrected chi connectivity index (χ4v) is 5.01. The summed E-state index contributed by atoms with van der Waals surface area (Å²) in [4.78, 5) is 17.2. The molecular formula is C30H22IrNO3S-. The molecule has 3 aromatic carbocycles. The van der Waals surface area contributed by atoms with Crippen LogP contribution in [0.15, 0.2) is 101 Å². The molecule has 6 aromatic rings. The number of hydrogen-bond donors (Lipinski definition) is 1. The van der Waals surface area contributed by atoms with Gasteiger partial charge in [0, 0.05) is 41.8 Å². The Morgan fingerprint density at radius 3 is 2.44 bits per heavy atom. The van der Waals surface area contributed by atoms with Crippen LogP contribution in [0, 0.1) is 6.07 Å². The van der Waals surface area contributed by atoms with Gasteiger partial charge in [-0.3, -0.25) is 9.78 Å². The van der Waals surface area contributed by atoms with Gasteiger partial charge in [0.15, 0.2) is 5.78 Å². The van der Waals surface area contributed by atoms with Crippen molar-refractivity contribution in [3.63, 3.8) is 0 Å². The van der Waals surface area contributed by atoms with Crippen molar-refractivity contribution < 1.29 is 34.4 Å². The van der Waals surface area contributed by atoms with Crippen molar-refractivity contribution in [2.75, 3.05) is 0 Å². The number of aliphatic hydroxyl groups is 1. The minimum absolute atomic E-state index is 0. The Hall–Kier alpha value is -3.57. The molecule has 0 saturated carbocycles. The van der Waals surface area contributed by atoms with Gasteiger partial charge in [0.2, 0.25) is 0 Å². The van der Waals surface area contributed by atoms with Crippen molar-refractivity contribution >= 4 is 49.3 Å². The smallest absolute Gasteiger partial charge is 0.155 e. The number of furan rings is 1. The Balaban J connectivity index is 0.000000338. The second-order valence-electron chi connectivity index (χ2n) is 8.16. The van der Waals surface area contributed by atoms with E-state index in [4.69, 9.17) is 14.5 Å². The average Bonchev–Trinajstić information content (AvgIpc) is 3.45. The van der Waals surface area contributed by atoms with Gasteiger partial charge in [0.25, 0.3) is 0 Å².